The third-order valence-corrected chi connectivity index (χ3v) is 6.14. The molecule has 1 amide bonds. The first-order chi connectivity index (χ1) is 13.8. The number of thiophene rings is 1. The van der Waals surface area contributed by atoms with Gasteiger partial charge in [0.05, 0.1) is 11.4 Å². The first kappa shape index (κ1) is 21.0. The van der Waals surface area contributed by atoms with Crippen molar-refractivity contribution in [1.29, 1.82) is 0 Å². The molecule has 7 heteroatoms. The number of nitrogens with zero attached hydrogens (tertiary/aromatic N) is 2. The van der Waals surface area contributed by atoms with E-state index in [1.165, 1.54) is 29.2 Å². The minimum absolute atomic E-state index is 0.0574. The highest BCUT2D eigenvalue weighted by Gasteiger charge is 2.18. The van der Waals surface area contributed by atoms with E-state index in [-0.39, 0.29) is 12.5 Å². The van der Waals surface area contributed by atoms with E-state index in [9.17, 15) is 9.59 Å². The van der Waals surface area contributed by atoms with Gasteiger partial charge in [-0.1, -0.05) is 6.07 Å². The van der Waals surface area contributed by atoms with E-state index in [1.54, 1.807) is 27.7 Å². The van der Waals surface area contributed by atoms with Crippen LogP contribution >= 0.6 is 22.7 Å². The smallest absolute Gasteiger partial charge is 0.331 e. The van der Waals surface area contributed by atoms with Crippen LogP contribution in [-0.4, -0.2) is 16.9 Å². The number of anilines is 2. The van der Waals surface area contributed by atoms with Crippen molar-refractivity contribution in [1.82, 2.24) is 4.98 Å². The lowest BCUT2D eigenvalue weighted by molar-refractivity contribution is -0.139. The first-order valence-electron chi connectivity index (χ1n) is 9.07. The van der Waals surface area contributed by atoms with Crippen LogP contribution in [0.2, 0.25) is 0 Å². The van der Waals surface area contributed by atoms with Crippen LogP contribution in [0.3, 0.4) is 0 Å². The highest BCUT2D eigenvalue weighted by atomic mass is 32.1. The molecule has 0 radical (unpaired) electrons. The first-order valence-corrected chi connectivity index (χ1v) is 10.8. The Balaban J connectivity index is 1.66. The fraction of sp³-hybridized carbons (Fsp3) is 0.227. The van der Waals surface area contributed by atoms with Gasteiger partial charge in [-0.15, -0.1) is 22.7 Å². The molecule has 29 heavy (non-hydrogen) atoms. The average molecular weight is 427 g/mol. The molecule has 0 aliphatic rings. The molecule has 2 aromatic heterocycles. The minimum atomic E-state index is -0.428. The molecule has 3 rings (SSSR count). The molecule has 2 heterocycles. The fourth-order valence-corrected chi connectivity index (χ4v) is 4.29. The molecule has 0 fully saturated rings. The van der Waals surface area contributed by atoms with E-state index >= 15 is 0 Å². The number of carbonyl (C=O) groups excluding carboxylic acids is 2. The third-order valence-electron chi connectivity index (χ3n) is 4.30. The number of carbonyl (C=O) groups is 2. The van der Waals surface area contributed by atoms with Crippen molar-refractivity contribution in [2.45, 2.75) is 34.3 Å². The Bertz CT molecular complexity index is 1070. The molecular weight excluding hydrogens is 404 g/mol. The molecule has 0 spiro atoms. The van der Waals surface area contributed by atoms with Crippen LogP contribution in [0.15, 0.2) is 41.8 Å². The summed E-state index contributed by atoms with van der Waals surface area (Å²) in [6.45, 7) is 7.62. The molecule has 0 aliphatic carbocycles. The number of aryl methyl sites for hydroxylation is 3. The van der Waals surface area contributed by atoms with Crippen LogP contribution in [0.5, 0.6) is 0 Å². The summed E-state index contributed by atoms with van der Waals surface area (Å²) in [5.74, 6) is -0.552. The van der Waals surface area contributed by atoms with Crippen LogP contribution < -0.4 is 4.90 Å². The topological polar surface area (TPSA) is 59.5 Å². The lowest BCUT2D eigenvalue weighted by Crippen LogP contribution is -2.22. The quantitative estimate of drug-likeness (QED) is 0.382. The molecule has 5 nitrogen and oxygen atoms in total. The van der Waals surface area contributed by atoms with E-state index in [4.69, 9.17) is 4.74 Å². The zero-order chi connectivity index (χ0) is 21.0. The average Bonchev–Trinajstić information content (AvgIpc) is 3.30. The molecule has 0 atom stereocenters. The Morgan fingerprint density at radius 1 is 1.14 bits per heavy atom. The molecule has 0 bridgehead atoms. The Kier molecular flexibility index (Phi) is 6.61. The lowest BCUT2D eigenvalue weighted by atomic mass is 10.1. The number of thiazole rings is 1. The van der Waals surface area contributed by atoms with Gasteiger partial charge >= 0.3 is 5.97 Å². The third kappa shape index (κ3) is 5.40. The van der Waals surface area contributed by atoms with Gasteiger partial charge in [0.15, 0.2) is 5.13 Å². The van der Waals surface area contributed by atoms with Gasteiger partial charge in [0, 0.05) is 28.1 Å². The predicted molar refractivity (Wildman–Crippen MR) is 119 cm³/mol. The molecule has 1 aromatic carbocycles. The second kappa shape index (κ2) is 9.15. The summed E-state index contributed by atoms with van der Waals surface area (Å²) in [5, 5.41) is 2.35. The molecule has 0 aliphatic heterocycles. The van der Waals surface area contributed by atoms with E-state index in [0.717, 1.165) is 21.7 Å². The molecule has 0 unspecified atom stereocenters. The van der Waals surface area contributed by atoms with Crippen LogP contribution in [0, 0.1) is 20.8 Å². The SMILES string of the molecule is CC(=O)N(c1ccc(C)c(C)c1)c1nc(COC(=O)/C=C/c2ccc(C)s2)cs1. The van der Waals surface area contributed by atoms with Crippen molar-refractivity contribution in [2.75, 3.05) is 4.90 Å². The van der Waals surface area contributed by atoms with Gasteiger partial charge in [0.2, 0.25) is 5.91 Å². The number of ether oxygens (including phenoxy) is 1. The summed E-state index contributed by atoms with van der Waals surface area (Å²) in [4.78, 5) is 32.4. The number of hydrogen-bond donors (Lipinski definition) is 0. The van der Waals surface area contributed by atoms with Crippen molar-refractivity contribution in [3.63, 3.8) is 0 Å². The van der Waals surface area contributed by atoms with E-state index < -0.39 is 5.97 Å². The molecule has 0 N–H and O–H groups in total. The Labute approximate surface area is 178 Å². The van der Waals surface area contributed by atoms with Crippen LogP contribution in [-0.2, 0) is 20.9 Å². The zero-order valence-corrected chi connectivity index (χ0v) is 18.4. The number of amides is 1. The van der Waals surface area contributed by atoms with Gasteiger partial charge in [0.25, 0.3) is 0 Å². The number of esters is 1. The van der Waals surface area contributed by atoms with Crippen LogP contribution in [0.1, 0.15) is 33.5 Å². The van der Waals surface area contributed by atoms with E-state index in [2.05, 4.69) is 4.98 Å². The second-order valence-electron chi connectivity index (χ2n) is 6.63. The maximum Gasteiger partial charge on any atom is 0.331 e. The van der Waals surface area contributed by atoms with Gasteiger partial charge in [-0.2, -0.15) is 0 Å². The van der Waals surface area contributed by atoms with Crippen molar-refractivity contribution >= 4 is 51.4 Å². The van der Waals surface area contributed by atoms with Crippen LogP contribution in [0.25, 0.3) is 6.08 Å². The predicted octanol–water partition coefficient (Wildman–Crippen LogP) is 5.57. The summed E-state index contributed by atoms with van der Waals surface area (Å²) in [6, 6.07) is 9.82. The lowest BCUT2D eigenvalue weighted by Gasteiger charge is -2.19. The fourth-order valence-electron chi connectivity index (χ4n) is 2.64. The highest BCUT2D eigenvalue weighted by Crippen LogP contribution is 2.30. The molecule has 3 aromatic rings. The van der Waals surface area contributed by atoms with Gasteiger partial charge < -0.3 is 4.74 Å². The largest absolute Gasteiger partial charge is 0.456 e. The van der Waals surface area contributed by atoms with Crippen LogP contribution in [0.4, 0.5) is 10.8 Å². The summed E-state index contributed by atoms with van der Waals surface area (Å²) in [7, 11) is 0. The second-order valence-corrected chi connectivity index (χ2v) is 8.79. The molecule has 0 saturated heterocycles. The maximum atomic E-state index is 12.2. The number of benzene rings is 1. The highest BCUT2D eigenvalue weighted by molar-refractivity contribution is 7.14. The van der Waals surface area contributed by atoms with Gasteiger partial charge in [-0.3, -0.25) is 9.69 Å². The van der Waals surface area contributed by atoms with E-state index in [0.29, 0.717) is 10.8 Å². The van der Waals surface area contributed by atoms with Crippen molar-refractivity contribution < 1.29 is 14.3 Å². The summed E-state index contributed by atoms with van der Waals surface area (Å²) in [6.07, 6.45) is 3.15. The van der Waals surface area contributed by atoms with Gasteiger partial charge in [-0.25, -0.2) is 9.78 Å². The summed E-state index contributed by atoms with van der Waals surface area (Å²) < 4.78 is 5.27. The Morgan fingerprint density at radius 2 is 1.93 bits per heavy atom. The van der Waals surface area contributed by atoms with Gasteiger partial charge in [0.1, 0.15) is 6.61 Å². The summed E-state index contributed by atoms with van der Waals surface area (Å²) in [5.41, 5.74) is 3.64. The minimum Gasteiger partial charge on any atom is -0.456 e. The Morgan fingerprint density at radius 3 is 2.59 bits per heavy atom. The number of aromatic nitrogens is 1. The molecule has 0 saturated carbocycles. The molecular formula is C22H22N2O3S2. The summed E-state index contributed by atoms with van der Waals surface area (Å²) >= 11 is 2.95. The van der Waals surface area contributed by atoms with Crippen molar-refractivity contribution in [3.05, 3.63) is 68.4 Å². The zero-order valence-electron chi connectivity index (χ0n) is 16.8. The number of hydrogen-bond acceptors (Lipinski definition) is 6. The maximum absolute atomic E-state index is 12.2. The standard InChI is InChI=1S/C22H22N2O3S2/c1-14-5-7-19(11-15(14)2)24(17(4)25)22-23-18(13-28-22)12-27-21(26)10-9-20-8-6-16(3)29-20/h5-11,13H,12H2,1-4H3/b10-9+. The van der Waals surface area contributed by atoms with Gasteiger partial charge in [-0.05, 0) is 62.2 Å². The van der Waals surface area contributed by atoms with E-state index in [1.807, 2.05) is 51.1 Å². The monoisotopic (exact) mass is 426 g/mol. The van der Waals surface area contributed by atoms with Crippen molar-refractivity contribution in [2.24, 2.45) is 0 Å². The molecule has 150 valence electrons. The number of rotatable bonds is 6. The Hall–Kier alpha value is -2.77. The normalized spacial score (nSPS) is 11.0. The van der Waals surface area contributed by atoms with Crippen molar-refractivity contribution in [3.8, 4) is 0 Å².